The van der Waals surface area contributed by atoms with Crippen LogP contribution in [0.25, 0.3) is 0 Å². The van der Waals surface area contributed by atoms with E-state index in [1.54, 1.807) is 0 Å². The molecule has 0 saturated carbocycles. The standard InChI is InChI=1S/Al.Fe.H2O4S.H3Si.3H/c;;1-5(2,3)4;;;;/h;;(H2,1,2,3,4);1H3;;;. The molecule has 0 radical (unpaired) electrons. The van der Waals surface area contributed by atoms with Crippen molar-refractivity contribution in [3.63, 3.8) is 0 Å². The van der Waals surface area contributed by atoms with Gasteiger partial charge >= 0.3 is 34.6 Å². The Hall–Kier alpha value is 1.14. The van der Waals surface area contributed by atoms with E-state index in [4.69, 9.17) is 17.5 Å². The van der Waals surface area contributed by atoms with Gasteiger partial charge in [0.05, 0.1) is 0 Å². The van der Waals surface area contributed by atoms with Crippen LogP contribution in [0.1, 0.15) is 0 Å². The molecule has 2 N–H and O–H groups in total. The van der Waals surface area contributed by atoms with Crippen molar-refractivity contribution in [2.75, 3.05) is 0 Å². The van der Waals surface area contributed by atoms with Gasteiger partial charge in [-0.2, -0.15) is 8.42 Å². The van der Waals surface area contributed by atoms with E-state index in [0.717, 1.165) is 8.85 Å². The van der Waals surface area contributed by atoms with E-state index in [9.17, 15) is 0 Å². The molecule has 0 rings (SSSR count). The third-order valence-corrected chi connectivity index (χ3v) is 0. The summed E-state index contributed by atoms with van der Waals surface area (Å²) >= 11 is 3.39. The van der Waals surface area contributed by atoms with Gasteiger partial charge in [0.15, 0.2) is 17.4 Å². The average molecular weight is 215 g/mol. The zero-order valence-electron chi connectivity index (χ0n) is 3.47. The minimum atomic E-state index is -4.67. The predicted molar refractivity (Wildman–Crippen MR) is 34.1 cm³/mol. The quantitative estimate of drug-likeness (QED) is 0.333. The Morgan fingerprint density at radius 3 is 1.25 bits per heavy atom. The fraction of sp³-hybridized carbons (Fsp3) is 0. The van der Waals surface area contributed by atoms with Crippen molar-refractivity contribution in [3.8, 4) is 0 Å². The maximum atomic E-state index is 8.74. The van der Waals surface area contributed by atoms with Crippen LogP contribution in [0.4, 0.5) is 0 Å². The molecule has 0 bridgehead atoms. The molecule has 0 unspecified atom stereocenters. The normalized spacial score (nSPS) is 8.38. The van der Waals surface area contributed by atoms with E-state index in [1.807, 2.05) is 0 Å². The van der Waals surface area contributed by atoms with Crippen molar-refractivity contribution < 1.29 is 32.9 Å². The van der Waals surface area contributed by atoms with Crippen molar-refractivity contribution in [1.82, 2.24) is 0 Å². The second-order valence-corrected chi connectivity index (χ2v) is 1.34. The molecule has 0 aromatic carbocycles. The molecular weight excluding hydrogens is 207 g/mol. The monoisotopic (exact) mass is 215 g/mol. The van der Waals surface area contributed by atoms with E-state index in [1.165, 1.54) is 0 Å². The SMILES string of the molecule is O=S(=O)(O)O.[AlH3].[SiH3][Fe]. The summed E-state index contributed by atoms with van der Waals surface area (Å²) in [7, 11) is -3.61. The Labute approximate surface area is 69.4 Å². The van der Waals surface area contributed by atoms with Crippen LogP contribution >= 0.6 is 0 Å². The van der Waals surface area contributed by atoms with Gasteiger partial charge in [0.1, 0.15) is 0 Å². The summed E-state index contributed by atoms with van der Waals surface area (Å²) in [4.78, 5) is 0. The minimum absolute atomic E-state index is 0. The van der Waals surface area contributed by atoms with Gasteiger partial charge in [-0.15, -0.1) is 0 Å². The summed E-state index contributed by atoms with van der Waals surface area (Å²) in [6, 6.07) is 0. The third kappa shape index (κ3) is 207. The Morgan fingerprint density at radius 2 is 1.25 bits per heavy atom. The van der Waals surface area contributed by atoms with Gasteiger partial charge in [-0.25, -0.2) is 0 Å². The van der Waals surface area contributed by atoms with Crippen molar-refractivity contribution >= 4 is 36.6 Å². The predicted octanol–water partition coefficient (Wildman–Crippen LogP) is -3.02. The molecule has 8 heavy (non-hydrogen) atoms. The van der Waals surface area contributed by atoms with Gasteiger partial charge in [0.25, 0.3) is 0 Å². The van der Waals surface area contributed by atoms with Gasteiger partial charge in [-0.1, -0.05) is 0 Å². The average Bonchev–Trinajstić information content (AvgIpc) is 1.36. The van der Waals surface area contributed by atoms with Crippen molar-refractivity contribution in [2.24, 2.45) is 0 Å². The molecule has 0 aliphatic rings. The molecule has 0 aromatic heterocycles. The Bertz CT molecular complexity index is 99.2. The first kappa shape index (κ1) is 16.1. The van der Waals surface area contributed by atoms with Crippen molar-refractivity contribution in [2.45, 2.75) is 0 Å². The van der Waals surface area contributed by atoms with Crippen LogP contribution in [-0.4, -0.2) is 43.7 Å². The first-order valence-electron chi connectivity index (χ1n) is 1.05. The first-order valence-corrected chi connectivity index (χ1v) is 6.47. The Kier molecular flexibility index (Phi) is 16.3. The van der Waals surface area contributed by atoms with Crippen LogP contribution < -0.4 is 0 Å². The van der Waals surface area contributed by atoms with Crippen LogP contribution in [0.3, 0.4) is 0 Å². The molecule has 0 aliphatic heterocycles. The maximum absolute atomic E-state index is 8.74. The van der Waals surface area contributed by atoms with Gasteiger partial charge in [0, 0.05) is 0 Å². The summed E-state index contributed by atoms with van der Waals surface area (Å²) < 4.78 is 31.6. The Morgan fingerprint density at radius 1 is 1.25 bits per heavy atom. The van der Waals surface area contributed by atoms with Crippen LogP contribution in [0, 0.1) is 0 Å². The van der Waals surface area contributed by atoms with E-state index >= 15 is 0 Å². The van der Waals surface area contributed by atoms with Crippen molar-refractivity contribution in [1.29, 1.82) is 0 Å². The van der Waals surface area contributed by atoms with Crippen LogP contribution in [0.5, 0.6) is 0 Å². The molecule has 0 aromatic rings. The molecule has 53 valence electrons. The van der Waals surface area contributed by atoms with Gasteiger partial charge in [-0.05, 0) is 0 Å². The zero-order chi connectivity index (χ0) is 6.50. The molecule has 0 spiro atoms. The third-order valence-electron chi connectivity index (χ3n) is 0. The zero-order valence-corrected chi connectivity index (χ0v) is 7.39. The Balaban J connectivity index is -0.0000000750. The number of hydrogen-bond acceptors (Lipinski definition) is 2. The summed E-state index contributed by atoms with van der Waals surface area (Å²) in [6.07, 6.45) is 0. The molecule has 4 nitrogen and oxygen atoms in total. The molecule has 0 amide bonds. The molecule has 0 saturated heterocycles. The molecule has 0 atom stereocenters. The van der Waals surface area contributed by atoms with Gasteiger partial charge < -0.3 is 0 Å². The summed E-state index contributed by atoms with van der Waals surface area (Å²) in [6.45, 7) is 0. The summed E-state index contributed by atoms with van der Waals surface area (Å²) in [5.74, 6) is 0. The molecular formula is H8AlFeO4SSi. The van der Waals surface area contributed by atoms with E-state index in [0.29, 0.717) is 0 Å². The molecule has 0 heterocycles. The van der Waals surface area contributed by atoms with E-state index in [2.05, 4.69) is 15.4 Å². The van der Waals surface area contributed by atoms with E-state index in [-0.39, 0.29) is 17.4 Å². The van der Waals surface area contributed by atoms with E-state index < -0.39 is 10.4 Å². The number of hydrogen-bond donors (Lipinski definition) is 2. The second-order valence-electron chi connectivity index (χ2n) is 0.448. The van der Waals surface area contributed by atoms with Gasteiger partial charge in [0.2, 0.25) is 0 Å². The first-order chi connectivity index (χ1) is 3.00. The van der Waals surface area contributed by atoms with Crippen molar-refractivity contribution in [3.05, 3.63) is 0 Å². The molecule has 0 fully saturated rings. The summed E-state index contributed by atoms with van der Waals surface area (Å²) in [5, 5.41) is 0. The van der Waals surface area contributed by atoms with Gasteiger partial charge in [-0.3, -0.25) is 9.11 Å². The number of rotatable bonds is 0. The van der Waals surface area contributed by atoms with Crippen LogP contribution in [0.15, 0.2) is 0 Å². The van der Waals surface area contributed by atoms with Crippen LogP contribution in [0.2, 0.25) is 0 Å². The molecule has 8 heteroatoms. The van der Waals surface area contributed by atoms with Crippen LogP contribution in [-0.2, 0) is 25.8 Å². The topological polar surface area (TPSA) is 74.6 Å². The fourth-order valence-corrected chi connectivity index (χ4v) is 0. The fourth-order valence-electron chi connectivity index (χ4n) is 0. The molecule has 0 aliphatic carbocycles. The summed E-state index contributed by atoms with van der Waals surface area (Å²) in [5.41, 5.74) is 0. The second kappa shape index (κ2) is 8.14.